The van der Waals surface area contributed by atoms with Crippen LogP contribution in [-0.4, -0.2) is 18.4 Å². The molecule has 1 heterocycles. The first-order valence-corrected chi connectivity index (χ1v) is 10.7. The van der Waals surface area contributed by atoms with Crippen molar-refractivity contribution >= 4 is 28.8 Å². The van der Waals surface area contributed by atoms with Crippen LogP contribution >= 0.6 is 0 Å². The number of nitrogens with one attached hydrogen (secondary N) is 1. The number of benzene rings is 3. The monoisotopic (exact) mass is 426 g/mol. The first kappa shape index (κ1) is 21.4. The number of amides is 2. The van der Waals surface area contributed by atoms with Gasteiger partial charge >= 0.3 is 0 Å². The number of aryl methyl sites for hydroxylation is 3. The Morgan fingerprint density at radius 2 is 1.47 bits per heavy atom. The summed E-state index contributed by atoms with van der Waals surface area (Å²) in [6.07, 6.45) is 0. The van der Waals surface area contributed by atoms with Gasteiger partial charge in [-0.1, -0.05) is 42.0 Å². The molecule has 0 saturated carbocycles. The molecule has 0 fully saturated rings. The highest BCUT2D eigenvalue weighted by Gasteiger charge is 2.40. The number of carbonyl (C=O) groups is 2. The van der Waals surface area contributed by atoms with Gasteiger partial charge in [-0.2, -0.15) is 0 Å². The van der Waals surface area contributed by atoms with Crippen LogP contribution in [0.15, 0.2) is 72.4 Å². The lowest BCUT2D eigenvalue weighted by Gasteiger charge is -2.16. The number of hydrogen-bond donors (Lipinski definition) is 1. The molecule has 2 amide bonds. The summed E-state index contributed by atoms with van der Waals surface area (Å²) >= 11 is 0. The smallest absolute Gasteiger partial charge is 0.282 e. The molecule has 0 bridgehead atoms. The van der Waals surface area contributed by atoms with E-state index in [0.29, 0.717) is 29.2 Å². The lowest BCUT2D eigenvalue weighted by atomic mass is 10.0. The Morgan fingerprint density at radius 1 is 0.812 bits per heavy atom. The Labute approximate surface area is 188 Å². The van der Waals surface area contributed by atoms with Crippen molar-refractivity contribution in [1.29, 1.82) is 0 Å². The van der Waals surface area contributed by atoms with Gasteiger partial charge in [-0.15, -0.1) is 0 Å². The summed E-state index contributed by atoms with van der Waals surface area (Å²) in [4.78, 5) is 28.3. The van der Waals surface area contributed by atoms with Gasteiger partial charge < -0.3 is 10.1 Å². The highest BCUT2D eigenvalue weighted by molar-refractivity contribution is 6.46. The number of anilines is 2. The zero-order valence-electron chi connectivity index (χ0n) is 18.7. The molecule has 162 valence electrons. The van der Waals surface area contributed by atoms with Gasteiger partial charge in [0.2, 0.25) is 0 Å². The summed E-state index contributed by atoms with van der Waals surface area (Å²) in [5.41, 5.74) is 5.74. The lowest BCUT2D eigenvalue weighted by Crippen LogP contribution is -2.32. The molecule has 0 spiro atoms. The van der Waals surface area contributed by atoms with E-state index in [1.54, 1.807) is 12.1 Å². The zero-order chi connectivity index (χ0) is 22.8. The molecule has 3 aromatic carbocycles. The van der Waals surface area contributed by atoms with E-state index in [-0.39, 0.29) is 17.5 Å². The molecule has 32 heavy (non-hydrogen) atoms. The molecular weight excluding hydrogens is 400 g/mol. The molecule has 0 saturated heterocycles. The van der Waals surface area contributed by atoms with Gasteiger partial charge in [0, 0.05) is 5.69 Å². The normalized spacial score (nSPS) is 13.7. The van der Waals surface area contributed by atoms with E-state index < -0.39 is 0 Å². The Kier molecular flexibility index (Phi) is 5.82. The number of nitrogens with zero attached hydrogens (tertiary/aromatic N) is 1. The van der Waals surface area contributed by atoms with Crippen LogP contribution in [0.1, 0.15) is 29.2 Å². The van der Waals surface area contributed by atoms with Crippen molar-refractivity contribution in [3.63, 3.8) is 0 Å². The SMILES string of the molecule is CCOc1ccc(C2=C(Nc3cc(C)ccc3C)C(=O)N(c3ccc(C)cc3)C2=O)cc1. The van der Waals surface area contributed by atoms with Crippen molar-refractivity contribution in [3.8, 4) is 5.75 Å². The third kappa shape index (κ3) is 4.02. The van der Waals surface area contributed by atoms with Gasteiger partial charge in [-0.25, -0.2) is 4.90 Å². The van der Waals surface area contributed by atoms with E-state index in [9.17, 15) is 9.59 Å². The molecule has 0 unspecified atom stereocenters. The minimum Gasteiger partial charge on any atom is -0.494 e. The van der Waals surface area contributed by atoms with Crippen LogP contribution in [0.25, 0.3) is 5.57 Å². The van der Waals surface area contributed by atoms with E-state index in [2.05, 4.69) is 5.32 Å². The average molecular weight is 427 g/mol. The quantitative estimate of drug-likeness (QED) is 0.536. The largest absolute Gasteiger partial charge is 0.494 e. The fraction of sp³-hybridized carbons (Fsp3) is 0.185. The summed E-state index contributed by atoms with van der Waals surface area (Å²) in [5, 5.41) is 3.27. The van der Waals surface area contributed by atoms with E-state index in [4.69, 9.17) is 4.74 Å². The first-order chi connectivity index (χ1) is 15.4. The second kappa shape index (κ2) is 8.71. The highest BCUT2D eigenvalue weighted by Crippen LogP contribution is 2.35. The number of rotatable bonds is 6. The minimum absolute atomic E-state index is 0.272. The maximum Gasteiger partial charge on any atom is 0.282 e. The number of hydrogen-bond acceptors (Lipinski definition) is 4. The Hall–Kier alpha value is -3.86. The molecule has 0 radical (unpaired) electrons. The summed E-state index contributed by atoms with van der Waals surface area (Å²) < 4.78 is 5.53. The van der Waals surface area contributed by atoms with Crippen LogP contribution in [0.4, 0.5) is 11.4 Å². The maximum atomic E-state index is 13.5. The van der Waals surface area contributed by atoms with Crippen molar-refractivity contribution in [2.75, 3.05) is 16.8 Å². The Morgan fingerprint density at radius 3 is 2.12 bits per heavy atom. The van der Waals surface area contributed by atoms with E-state index in [1.165, 1.54) is 4.90 Å². The molecule has 0 atom stereocenters. The van der Waals surface area contributed by atoms with Crippen LogP contribution in [0, 0.1) is 20.8 Å². The predicted octanol–water partition coefficient (Wildman–Crippen LogP) is 5.41. The minimum atomic E-state index is -0.372. The fourth-order valence-corrected chi connectivity index (χ4v) is 3.73. The molecule has 1 N–H and O–H groups in total. The van der Waals surface area contributed by atoms with Crippen LogP contribution < -0.4 is 15.0 Å². The summed E-state index contributed by atoms with van der Waals surface area (Å²) in [7, 11) is 0. The number of ether oxygens (including phenoxy) is 1. The van der Waals surface area contributed by atoms with Gasteiger partial charge in [-0.3, -0.25) is 9.59 Å². The van der Waals surface area contributed by atoms with Crippen molar-refractivity contribution in [2.45, 2.75) is 27.7 Å². The van der Waals surface area contributed by atoms with E-state index in [0.717, 1.165) is 22.4 Å². The second-order valence-electron chi connectivity index (χ2n) is 7.93. The van der Waals surface area contributed by atoms with Crippen LogP contribution in [0.3, 0.4) is 0 Å². The summed E-state index contributed by atoms with van der Waals surface area (Å²) in [5.74, 6) is -0.00693. The fourth-order valence-electron chi connectivity index (χ4n) is 3.73. The zero-order valence-corrected chi connectivity index (χ0v) is 18.7. The lowest BCUT2D eigenvalue weighted by molar-refractivity contribution is -0.120. The third-order valence-corrected chi connectivity index (χ3v) is 5.48. The van der Waals surface area contributed by atoms with Crippen LogP contribution in [-0.2, 0) is 9.59 Å². The van der Waals surface area contributed by atoms with Gasteiger partial charge in [0.25, 0.3) is 11.8 Å². The highest BCUT2D eigenvalue weighted by atomic mass is 16.5. The maximum absolute atomic E-state index is 13.5. The Balaban J connectivity index is 1.81. The van der Waals surface area contributed by atoms with Crippen LogP contribution in [0.5, 0.6) is 5.75 Å². The number of carbonyl (C=O) groups excluding carboxylic acids is 2. The predicted molar refractivity (Wildman–Crippen MR) is 128 cm³/mol. The van der Waals surface area contributed by atoms with Crippen molar-refractivity contribution < 1.29 is 14.3 Å². The molecule has 1 aliphatic heterocycles. The summed E-state index contributed by atoms with van der Waals surface area (Å²) in [6, 6.07) is 20.6. The van der Waals surface area contributed by atoms with Gasteiger partial charge in [0.05, 0.1) is 17.9 Å². The van der Waals surface area contributed by atoms with Crippen molar-refractivity contribution in [3.05, 3.63) is 94.7 Å². The summed E-state index contributed by atoms with van der Waals surface area (Å²) in [6.45, 7) is 8.40. The van der Waals surface area contributed by atoms with Gasteiger partial charge in [0.1, 0.15) is 11.4 Å². The molecule has 4 rings (SSSR count). The second-order valence-corrected chi connectivity index (χ2v) is 7.93. The molecule has 5 heteroatoms. The van der Waals surface area contributed by atoms with Crippen molar-refractivity contribution in [2.24, 2.45) is 0 Å². The Bertz CT molecular complexity index is 1210. The molecule has 0 aromatic heterocycles. The van der Waals surface area contributed by atoms with Gasteiger partial charge in [0.15, 0.2) is 0 Å². The first-order valence-electron chi connectivity index (χ1n) is 10.7. The topological polar surface area (TPSA) is 58.6 Å². The molecule has 0 aliphatic carbocycles. The van der Waals surface area contributed by atoms with E-state index >= 15 is 0 Å². The average Bonchev–Trinajstić information content (AvgIpc) is 3.02. The van der Waals surface area contributed by atoms with E-state index in [1.807, 2.05) is 82.3 Å². The number of imide groups is 1. The molecule has 5 nitrogen and oxygen atoms in total. The molecule has 1 aliphatic rings. The third-order valence-electron chi connectivity index (χ3n) is 5.48. The van der Waals surface area contributed by atoms with Gasteiger partial charge in [-0.05, 0) is 74.7 Å². The van der Waals surface area contributed by atoms with Crippen LogP contribution in [0.2, 0.25) is 0 Å². The standard InChI is InChI=1S/C27H26N2O3/c1-5-32-22-14-10-20(11-15-22)24-25(28-23-16-18(3)6-9-19(23)4)27(31)29(26(24)30)21-12-7-17(2)8-13-21/h6-16,28H,5H2,1-4H3. The molecule has 3 aromatic rings. The molecular formula is C27H26N2O3. The van der Waals surface area contributed by atoms with Crippen molar-refractivity contribution in [1.82, 2.24) is 0 Å².